The van der Waals surface area contributed by atoms with E-state index in [2.05, 4.69) is 14.8 Å². The van der Waals surface area contributed by atoms with Crippen LogP contribution < -0.4 is 4.72 Å². The molecule has 1 N–H and O–H groups in total. The number of hydrogen-bond donors (Lipinski definition) is 1. The van der Waals surface area contributed by atoms with E-state index in [4.69, 9.17) is 0 Å². The Bertz CT molecular complexity index is 692. The summed E-state index contributed by atoms with van der Waals surface area (Å²) in [5.41, 5.74) is 2.68. The standard InChI is InChI=1S/C13H18N4O2S/c1-10(2)20(18,19)16-6-11-4-12(7-14-5-11)13-8-15-17(3)9-13/h4-5,7-10,16H,6H2,1-3H3. The molecule has 0 saturated heterocycles. The summed E-state index contributed by atoms with van der Waals surface area (Å²) in [5.74, 6) is 0. The number of nitrogens with one attached hydrogen (secondary N) is 1. The number of rotatable bonds is 5. The van der Waals surface area contributed by atoms with Gasteiger partial charge in [0.15, 0.2) is 0 Å². The minimum absolute atomic E-state index is 0.238. The lowest BCUT2D eigenvalue weighted by molar-refractivity contribution is 0.572. The molecule has 6 nitrogen and oxygen atoms in total. The average Bonchev–Trinajstić information content (AvgIpc) is 2.83. The van der Waals surface area contributed by atoms with E-state index in [1.54, 1.807) is 37.1 Å². The molecule has 2 rings (SSSR count). The second-order valence-electron chi connectivity index (χ2n) is 4.90. The Hall–Kier alpha value is -1.73. The summed E-state index contributed by atoms with van der Waals surface area (Å²) in [6.07, 6.45) is 7.03. The second-order valence-corrected chi connectivity index (χ2v) is 7.22. The summed E-state index contributed by atoms with van der Waals surface area (Å²) in [6, 6.07) is 1.91. The van der Waals surface area contributed by atoms with Gasteiger partial charge in [-0.1, -0.05) is 0 Å². The molecule has 0 saturated carbocycles. The van der Waals surface area contributed by atoms with Crippen molar-refractivity contribution in [3.05, 3.63) is 36.4 Å². The Morgan fingerprint density at radius 1 is 1.25 bits per heavy atom. The predicted molar refractivity (Wildman–Crippen MR) is 77.3 cm³/mol. The lowest BCUT2D eigenvalue weighted by Gasteiger charge is -2.09. The van der Waals surface area contributed by atoms with E-state index in [0.29, 0.717) is 0 Å². The van der Waals surface area contributed by atoms with Gasteiger partial charge in [0.2, 0.25) is 10.0 Å². The number of nitrogens with zero attached hydrogens (tertiary/aromatic N) is 3. The summed E-state index contributed by atoms with van der Waals surface area (Å²) in [4.78, 5) is 4.14. The molecular formula is C13H18N4O2S. The van der Waals surface area contributed by atoms with E-state index in [1.807, 2.05) is 19.3 Å². The fourth-order valence-corrected chi connectivity index (χ4v) is 2.36. The third-order valence-corrected chi connectivity index (χ3v) is 4.72. The van der Waals surface area contributed by atoms with Gasteiger partial charge in [-0.2, -0.15) is 5.10 Å². The molecule has 7 heteroatoms. The fraction of sp³-hybridized carbons (Fsp3) is 0.385. The third kappa shape index (κ3) is 3.43. The first-order chi connectivity index (χ1) is 9.38. The van der Waals surface area contributed by atoms with Crippen molar-refractivity contribution in [2.24, 2.45) is 7.05 Å². The van der Waals surface area contributed by atoms with Gasteiger partial charge in [-0.3, -0.25) is 9.67 Å². The zero-order chi connectivity index (χ0) is 14.8. The smallest absolute Gasteiger partial charge is 0.214 e. The molecule has 0 bridgehead atoms. The summed E-state index contributed by atoms with van der Waals surface area (Å²) in [5, 5.41) is 3.66. The van der Waals surface area contributed by atoms with Gasteiger partial charge in [0.05, 0.1) is 11.4 Å². The first-order valence-corrected chi connectivity index (χ1v) is 7.84. The normalized spacial score (nSPS) is 12.0. The molecular weight excluding hydrogens is 276 g/mol. The maximum atomic E-state index is 11.7. The van der Waals surface area contributed by atoms with Crippen LogP contribution in [0.15, 0.2) is 30.9 Å². The number of aryl methyl sites for hydroxylation is 1. The van der Waals surface area contributed by atoms with Crippen LogP contribution in [0.1, 0.15) is 19.4 Å². The maximum absolute atomic E-state index is 11.7. The molecule has 2 aromatic heterocycles. The Kier molecular flexibility index (Phi) is 4.20. The minimum Gasteiger partial charge on any atom is -0.275 e. The zero-order valence-corrected chi connectivity index (χ0v) is 12.6. The summed E-state index contributed by atoms with van der Waals surface area (Å²) in [7, 11) is -1.42. The molecule has 0 unspecified atom stereocenters. The topological polar surface area (TPSA) is 76.9 Å². The van der Waals surface area contributed by atoms with E-state index >= 15 is 0 Å². The molecule has 108 valence electrons. The summed E-state index contributed by atoms with van der Waals surface area (Å²) >= 11 is 0. The molecule has 0 atom stereocenters. The van der Waals surface area contributed by atoms with Gasteiger partial charge in [0.25, 0.3) is 0 Å². The van der Waals surface area contributed by atoms with Crippen molar-refractivity contribution in [3.8, 4) is 11.1 Å². The molecule has 0 aliphatic rings. The monoisotopic (exact) mass is 294 g/mol. The highest BCUT2D eigenvalue weighted by atomic mass is 32.2. The van der Waals surface area contributed by atoms with Gasteiger partial charge in [-0.25, -0.2) is 13.1 Å². The molecule has 2 aromatic rings. The second kappa shape index (κ2) is 5.72. The Labute approximate surface area is 118 Å². The Morgan fingerprint density at radius 2 is 2.00 bits per heavy atom. The van der Waals surface area contributed by atoms with Crippen molar-refractivity contribution in [1.82, 2.24) is 19.5 Å². The number of pyridine rings is 1. The summed E-state index contributed by atoms with van der Waals surface area (Å²) < 4.78 is 27.7. The number of hydrogen-bond acceptors (Lipinski definition) is 4. The van der Waals surface area contributed by atoms with Gasteiger partial charge in [0.1, 0.15) is 0 Å². The molecule has 0 aromatic carbocycles. The van der Waals surface area contributed by atoms with E-state index in [0.717, 1.165) is 16.7 Å². The Morgan fingerprint density at radius 3 is 2.60 bits per heavy atom. The molecule has 0 fully saturated rings. The predicted octanol–water partition coefficient (Wildman–Crippen LogP) is 1.31. The van der Waals surface area contributed by atoms with Crippen molar-refractivity contribution in [1.29, 1.82) is 0 Å². The molecule has 20 heavy (non-hydrogen) atoms. The van der Waals surface area contributed by atoms with Gasteiger partial charge < -0.3 is 0 Å². The van der Waals surface area contributed by atoms with Crippen LogP contribution in [0.25, 0.3) is 11.1 Å². The van der Waals surface area contributed by atoms with E-state index in [-0.39, 0.29) is 6.54 Å². The highest BCUT2D eigenvalue weighted by molar-refractivity contribution is 7.90. The SMILES string of the molecule is CC(C)S(=O)(=O)NCc1cncc(-c2cnn(C)c2)c1. The first-order valence-electron chi connectivity index (χ1n) is 6.30. The van der Waals surface area contributed by atoms with Gasteiger partial charge in [0, 0.05) is 43.3 Å². The lowest BCUT2D eigenvalue weighted by atomic mass is 10.1. The highest BCUT2D eigenvalue weighted by Gasteiger charge is 2.15. The number of aromatic nitrogens is 3. The quantitative estimate of drug-likeness (QED) is 0.902. The maximum Gasteiger partial charge on any atom is 0.214 e. The van der Waals surface area contributed by atoms with Gasteiger partial charge in [-0.15, -0.1) is 0 Å². The van der Waals surface area contributed by atoms with E-state index < -0.39 is 15.3 Å². The molecule has 0 amide bonds. The largest absolute Gasteiger partial charge is 0.275 e. The summed E-state index contributed by atoms with van der Waals surface area (Å²) in [6.45, 7) is 3.53. The van der Waals surface area contributed by atoms with Crippen LogP contribution in [0.2, 0.25) is 0 Å². The van der Waals surface area contributed by atoms with Crippen LogP contribution in [-0.2, 0) is 23.6 Å². The van der Waals surface area contributed by atoms with Crippen LogP contribution in [0.3, 0.4) is 0 Å². The Balaban J connectivity index is 2.15. The average molecular weight is 294 g/mol. The van der Waals surface area contributed by atoms with Crippen molar-refractivity contribution in [2.75, 3.05) is 0 Å². The van der Waals surface area contributed by atoms with Crippen LogP contribution in [0.4, 0.5) is 0 Å². The zero-order valence-electron chi connectivity index (χ0n) is 11.7. The lowest BCUT2D eigenvalue weighted by Crippen LogP contribution is -2.30. The van der Waals surface area contributed by atoms with Gasteiger partial charge >= 0.3 is 0 Å². The van der Waals surface area contributed by atoms with E-state index in [1.165, 1.54) is 0 Å². The molecule has 0 radical (unpaired) electrons. The molecule has 0 aliphatic heterocycles. The van der Waals surface area contributed by atoms with E-state index in [9.17, 15) is 8.42 Å². The fourth-order valence-electron chi connectivity index (χ4n) is 1.66. The molecule has 0 aliphatic carbocycles. The highest BCUT2D eigenvalue weighted by Crippen LogP contribution is 2.18. The molecule has 2 heterocycles. The third-order valence-electron chi connectivity index (χ3n) is 2.93. The minimum atomic E-state index is -3.26. The van der Waals surface area contributed by atoms with Crippen molar-refractivity contribution < 1.29 is 8.42 Å². The first kappa shape index (κ1) is 14.7. The molecule has 0 spiro atoms. The number of sulfonamides is 1. The van der Waals surface area contributed by atoms with Crippen LogP contribution in [-0.4, -0.2) is 28.4 Å². The van der Waals surface area contributed by atoms with Crippen molar-refractivity contribution in [2.45, 2.75) is 25.6 Å². The van der Waals surface area contributed by atoms with Crippen molar-refractivity contribution >= 4 is 10.0 Å². The van der Waals surface area contributed by atoms with Crippen LogP contribution in [0.5, 0.6) is 0 Å². The van der Waals surface area contributed by atoms with Gasteiger partial charge in [-0.05, 0) is 25.5 Å². The van der Waals surface area contributed by atoms with Crippen LogP contribution >= 0.6 is 0 Å². The van der Waals surface area contributed by atoms with Crippen LogP contribution in [0, 0.1) is 0 Å². The van der Waals surface area contributed by atoms with Crippen molar-refractivity contribution in [3.63, 3.8) is 0 Å².